The number of carbonyl (C=O) groups is 2. The second-order valence-electron chi connectivity index (χ2n) is 9.98. The van der Waals surface area contributed by atoms with E-state index in [1.54, 1.807) is 30.5 Å². The smallest absolute Gasteiger partial charge is 0.271 e. The largest absolute Gasteiger partial charge is 0.378 e. The Morgan fingerprint density at radius 1 is 0.780 bits per heavy atom. The molecule has 0 aliphatic heterocycles. The van der Waals surface area contributed by atoms with E-state index in [4.69, 9.17) is 4.98 Å². The van der Waals surface area contributed by atoms with Crippen LogP contribution in [0, 0.1) is 0 Å². The van der Waals surface area contributed by atoms with E-state index in [1.165, 1.54) is 0 Å². The molecule has 0 spiro atoms. The molecule has 0 unspecified atom stereocenters. The van der Waals surface area contributed by atoms with Crippen LogP contribution in [-0.4, -0.2) is 56.2 Å². The summed E-state index contributed by atoms with van der Waals surface area (Å²) in [4.78, 5) is 37.2. The number of nitrogens with zero attached hydrogens (tertiary/aromatic N) is 4. The Morgan fingerprint density at radius 2 is 1.41 bits per heavy atom. The number of aromatic nitrogens is 2. The number of benzene rings is 4. The molecule has 5 aromatic rings. The molecule has 0 saturated heterocycles. The average molecular weight is 546 g/mol. The molecule has 0 saturated carbocycles. The Bertz CT molecular complexity index is 1720. The van der Waals surface area contributed by atoms with Crippen LogP contribution in [0.4, 0.5) is 17.1 Å². The summed E-state index contributed by atoms with van der Waals surface area (Å²) in [5.41, 5.74) is 9.62. The van der Waals surface area contributed by atoms with E-state index >= 15 is 0 Å². The van der Waals surface area contributed by atoms with Gasteiger partial charge in [0.25, 0.3) is 11.8 Å². The number of hydrogen-bond acceptors (Lipinski definition) is 6. The summed E-state index contributed by atoms with van der Waals surface area (Å²) >= 11 is 0. The summed E-state index contributed by atoms with van der Waals surface area (Å²) in [6, 6.07) is 28.0. The van der Waals surface area contributed by atoms with Gasteiger partial charge in [0.1, 0.15) is 5.82 Å². The van der Waals surface area contributed by atoms with E-state index in [0.29, 0.717) is 22.6 Å². The normalized spacial score (nSPS) is 11.0. The van der Waals surface area contributed by atoms with Crippen molar-refractivity contribution in [2.24, 2.45) is 5.10 Å². The fourth-order valence-corrected chi connectivity index (χ4v) is 4.24. The van der Waals surface area contributed by atoms with Crippen LogP contribution < -0.4 is 20.5 Å². The molecule has 41 heavy (non-hydrogen) atoms. The first-order valence-electron chi connectivity index (χ1n) is 13.1. The number of fused-ring (bicyclic) bond motifs is 1. The minimum atomic E-state index is -0.284. The number of imidazole rings is 1. The Kier molecular flexibility index (Phi) is 7.78. The first-order chi connectivity index (χ1) is 19.8. The van der Waals surface area contributed by atoms with Crippen LogP contribution in [0.1, 0.15) is 26.3 Å². The van der Waals surface area contributed by atoms with Gasteiger partial charge in [-0.25, -0.2) is 10.4 Å². The zero-order valence-electron chi connectivity index (χ0n) is 23.3. The Hall–Kier alpha value is -5.44. The molecular formula is C32H31N7O2. The number of nitrogens with one attached hydrogen (secondary N) is 3. The number of hydrogen-bond donors (Lipinski definition) is 3. The molecule has 0 aliphatic carbocycles. The molecule has 1 aromatic heterocycles. The molecule has 0 aliphatic rings. The number of aromatic amines is 1. The fourth-order valence-electron chi connectivity index (χ4n) is 4.24. The van der Waals surface area contributed by atoms with Crippen molar-refractivity contribution in [2.75, 3.05) is 43.3 Å². The number of carbonyl (C=O) groups excluding carboxylic acids is 2. The molecule has 1 heterocycles. The number of anilines is 3. The van der Waals surface area contributed by atoms with Crippen LogP contribution in [0.25, 0.3) is 22.4 Å². The van der Waals surface area contributed by atoms with Crippen molar-refractivity contribution in [3.8, 4) is 11.4 Å². The second-order valence-corrected chi connectivity index (χ2v) is 9.98. The van der Waals surface area contributed by atoms with Crippen molar-refractivity contribution in [1.82, 2.24) is 15.4 Å². The van der Waals surface area contributed by atoms with Gasteiger partial charge in [0.05, 0.1) is 17.2 Å². The summed E-state index contributed by atoms with van der Waals surface area (Å²) in [5.74, 6) is 0.214. The van der Waals surface area contributed by atoms with Crippen LogP contribution >= 0.6 is 0 Å². The predicted molar refractivity (Wildman–Crippen MR) is 166 cm³/mol. The molecule has 0 fully saturated rings. The van der Waals surface area contributed by atoms with Crippen molar-refractivity contribution < 1.29 is 9.59 Å². The Morgan fingerprint density at radius 3 is 2.05 bits per heavy atom. The van der Waals surface area contributed by atoms with Gasteiger partial charge in [-0.3, -0.25) is 9.59 Å². The second kappa shape index (κ2) is 11.7. The molecule has 5 rings (SSSR count). The summed E-state index contributed by atoms with van der Waals surface area (Å²) in [7, 11) is 7.81. The lowest BCUT2D eigenvalue weighted by atomic mass is 10.1. The maximum Gasteiger partial charge on any atom is 0.271 e. The first kappa shape index (κ1) is 27.1. The maximum atomic E-state index is 12.7. The highest BCUT2D eigenvalue weighted by Gasteiger charge is 2.10. The molecule has 0 bridgehead atoms. The SMILES string of the molecule is CN(C)c1ccc(C(=O)N/N=C/c2cccc(-c3nc4cc(NC(=O)c5ccc(N(C)C)cc5)ccc4[nH]3)c2)cc1. The zero-order chi connectivity index (χ0) is 28.9. The van der Waals surface area contributed by atoms with Crippen molar-refractivity contribution in [2.45, 2.75) is 0 Å². The summed E-state index contributed by atoms with van der Waals surface area (Å²) in [5, 5.41) is 7.07. The van der Waals surface area contributed by atoms with Gasteiger partial charge in [-0.05, 0) is 78.4 Å². The van der Waals surface area contributed by atoms with Crippen molar-refractivity contribution in [3.05, 3.63) is 108 Å². The topological polar surface area (TPSA) is 106 Å². The molecule has 4 aromatic carbocycles. The first-order valence-corrected chi connectivity index (χ1v) is 13.1. The summed E-state index contributed by atoms with van der Waals surface area (Å²) in [6.45, 7) is 0. The average Bonchev–Trinajstić information content (AvgIpc) is 3.41. The highest BCUT2D eigenvalue weighted by molar-refractivity contribution is 6.05. The van der Waals surface area contributed by atoms with Gasteiger partial charge in [0.2, 0.25) is 0 Å². The lowest BCUT2D eigenvalue weighted by Gasteiger charge is -2.12. The molecule has 9 heteroatoms. The van der Waals surface area contributed by atoms with E-state index < -0.39 is 0 Å². The fraction of sp³-hybridized carbons (Fsp3) is 0.125. The monoisotopic (exact) mass is 545 g/mol. The molecule has 206 valence electrons. The molecule has 9 nitrogen and oxygen atoms in total. The van der Waals surface area contributed by atoms with Gasteiger partial charge < -0.3 is 20.1 Å². The third-order valence-electron chi connectivity index (χ3n) is 6.57. The van der Waals surface area contributed by atoms with Gasteiger partial charge >= 0.3 is 0 Å². The predicted octanol–water partition coefficient (Wildman–Crippen LogP) is 5.38. The van der Waals surface area contributed by atoms with E-state index in [0.717, 1.165) is 33.5 Å². The lowest BCUT2D eigenvalue weighted by molar-refractivity contribution is 0.0954. The van der Waals surface area contributed by atoms with E-state index in [9.17, 15) is 9.59 Å². The standard InChI is InChI=1S/C32H31N7O2/c1-38(2)26-13-8-22(9-14-26)31(40)34-25-12-17-28-29(19-25)36-30(35-28)24-7-5-6-21(18-24)20-33-37-32(41)23-10-15-27(16-11-23)39(3)4/h5-20H,1-4H3,(H,34,40)(H,35,36)(H,37,41)/b33-20+. The van der Waals surface area contributed by atoms with E-state index in [-0.39, 0.29) is 11.8 Å². The third kappa shape index (κ3) is 6.42. The highest BCUT2D eigenvalue weighted by atomic mass is 16.2. The Labute approximate surface area is 238 Å². The molecule has 3 N–H and O–H groups in total. The molecule has 0 radical (unpaired) electrons. The molecular weight excluding hydrogens is 514 g/mol. The van der Waals surface area contributed by atoms with Crippen LogP contribution in [0.15, 0.2) is 96.1 Å². The number of H-pyrrole nitrogens is 1. The van der Waals surface area contributed by atoms with Crippen LogP contribution in [0.5, 0.6) is 0 Å². The van der Waals surface area contributed by atoms with E-state index in [1.807, 2.05) is 105 Å². The third-order valence-corrected chi connectivity index (χ3v) is 6.57. The van der Waals surface area contributed by atoms with Crippen molar-refractivity contribution >= 4 is 46.1 Å². The van der Waals surface area contributed by atoms with E-state index in [2.05, 4.69) is 20.8 Å². The molecule has 2 amide bonds. The number of hydrazone groups is 1. The van der Waals surface area contributed by atoms with Crippen LogP contribution in [0.2, 0.25) is 0 Å². The van der Waals surface area contributed by atoms with Gasteiger partial charge in [-0.1, -0.05) is 18.2 Å². The van der Waals surface area contributed by atoms with Crippen molar-refractivity contribution in [1.29, 1.82) is 0 Å². The van der Waals surface area contributed by atoms with Crippen LogP contribution in [-0.2, 0) is 0 Å². The minimum absolute atomic E-state index is 0.185. The lowest BCUT2D eigenvalue weighted by Crippen LogP contribution is -2.17. The van der Waals surface area contributed by atoms with Gasteiger partial charge in [0, 0.05) is 61.9 Å². The van der Waals surface area contributed by atoms with Gasteiger partial charge in [0.15, 0.2) is 0 Å². The number of amides is 2. The highest BCUT2D eigenvalue weighted by Crippen LogP contribution is 2.24. The van der Waals surface area contributed by atoms with Gasteiger partial charge in [-0.15, -0.1) is 0 Å². The maximum absolute atomic E-state index is 12.7. The minimum Gasteiger partial charge on any atom is -0.378 e. The summed E-state index contributed by atoms with van der Waals surface area (Å²) < 4.78 is 0. The summed E-state index contributed by atoms with van der Waals surface area (Å²) in [6.07, 6.45) is 1.59. The number of rotatable bonds is 8. The Balaban J connectivity index is 1.25. The quantitative estimate of drug-likeness (QED) is 0.179. The van der Waals surface area contributed by atoms with Crippen molar-refractivity contribution in [3.63, 3.8) is 0 Å². The van der Waals surface area contributed by atoms with Crippen LogP contribution in [0.3, 0.4) is 0 Å². The zero-order valence-corrected chi connectivity index (χ0v) is 23.3. The molecule has 0 atom stereocenters. The van der Waals surface area contributed by atoms with Gasteiger partial charge in [-0.2, -0.15) is 5.10 Å².